The standard InChI is InChI=1S/C21H23N3O4S/c1-23(14-21(26)24-12-11-15-5-2-3-7-19(15)24)29(27,28)17-9-10-18-16(13-17)6-4-8-20(25)22-18/h2-3,5,7,9-10,13H,4,6,8,11-12,14H2,1H3,(H,22,25). The second kappa shape index (κ2) is 7.61. The Morgan fingerprint density at radius 1 is 1.10 bits per heavy atom. The van der Waals surface area contributed by atoms with Crippen molar-refractivity contribution in [2.75, 3.05) is 30.4 Å². The first-order valence-corrected chi connectivity index (χ1v) is 11.1. The summed E-state index contributed by atoms with van der Waals surface area (Å²) in [6.45, 7) is 0.328. The minimum absolute atomic E-state index is 0.0621. The first-order valence-electron chi connectivity index (χ1n) is 9.63. The lowest BCUT2D eigenvalue weighted by molar-refractivity contribution is -0.118. The number of likely N-dealkylation sites (N-methyl/N-ethyl adjacent to an activating group) is 1. The van der Waals surface area contributed by atoms with Gasteiger partial charge in [-0.25, -0.2) is 8.42 Å². The SMILES string of the molecule is CN(CC(=O)N1CCc2ccccc21)S(=O)(=O)c1ccc2c(c1)CCCC(=O)N2. The van der Waals surface area contributed by atoms with Gasteiger partial charge in [-0.3, -0.25) is 9.59 Å². The molecule has 1 N–H and O–H groups in total. The van der Waals surface area contributed by atoms with Gasteiger partial charge in [-0.2, -0.15) is 4.31 Å². The van der Waals surface area contributed by atoms with Gasteiger partial charge in [0.25, 0.3) is 0 Å². The van der Waals surface area contributed by atoms with E-state index in [-0.39, 0.29) is 23.3 Å². The summed E-state index contributed by atoms with van der Waals surface area (Å²) in [5.74, 6) is -0.309. The van der Waals surface area contributed by atoms with Crippen LogP contribution in [0.4, 0.5) is 11.4 Å². The first-order chi connectivity index (χ1) is 13.9. The van der Waals surface area contributed by atoms with Gasteiger partial charge in [0.2, 0.25) is 21.8 Å². The summed E-state index contributed by atoms with van der Waals surface area (Å²) in [4.78, 5) is 26.2. The zero-order chi connectivity index (χ0) is 20.6. The van der Waals surface area contributed by atoms with Gasteiger partial charge in [-0.05, 0) is 54.7 Å². The number of benzene rings is 2. The van der Waals surface area contributed by atoms with Crippen LogP contribution in [0.2, 0.25) is 0 Å². The second-order valence-corrected chi connectivity index (χ2v) is 9.45. The van der Waals surface area contributed by atoms with Gasteiger partial charge in [0.05, 0.1) is 11.4 Å². The molecule has 152 valence electrons. The molecule has 2 aliphatic rings. The Kier molecular flexibility index (Phi) is 5.14. The second-order valence-electron chi connectivity index (χ2n) is 7.41. The molecule has 0 spiro atoms. The highest BCUT2D eigenvalue weighted by Gasteiger charge is 2.29. The molecule has 2 aromatic rings. The molecule has 0 saturated carbocycles. The minimum atomic E-state index is -3.83. The lowest BCUT2D eigenvalue weighted by Crippen LogP contribution is -2.40. The molecule has 0 bridgehead atoms. The van der Waals surface area contributed by atoms with E-state index < -0.39 is 10.0 Å². The van der Waals surface area contributed by atoms with Gasteiger partial charge in [-0.1, -0.05) is 18.2 Å². The number of nitrogens with one attached hydrogen (secondary N) is 1. The fourth-order valence-electron chi connectivity index (χ4n) is 3.85. The Morgan fingerprint density at radius 2 is 1.90 bits per heavy atom. The molecule has 0 atom stereocenters. The molecule has 0 saturated heterocycles. The molecule has 0 radical (unpaired) electrons. The molecule has 8 heteroatoms. The maximum Gasteiger partial charge on any atom is 0.243 e. The average molecular weight is 413 g/mol. The third kappa shape index (κ3) is 3.77. The van der Waals surface area contributed by atoms with Crippen LogP contribution in [0.3, 0.4) is 0 Å². The number of hydrogen-bond donors (Lipinski definition) is 1. The summed E-state index contributed by atoms with van der Waals surface area (Å²) in [5, 5.41) is 2.80. The number of carbonyl (C=O) groups excluding carboxylic acids is 2. The first kappa shape index (κ1) is 19.6. The van der Waals surface area contributed by atoms with Crippen molar-refractivity contribution in [1.29, 1.82) is 0 Å². The molecule has 2 heterocycles. The van der Waals surface area contributed by atoms with E-state index in [1.165, 1.54) is 13.1 Å². The number of hydrogen-bond acceptors (Lipinski definition) is 4. The Morgan fingerprint density at radius 3 is 2.72 bits per heavy atom. The van der Waals surface area contributed by atoms with Gasteiger partial charge < -0.3 is 10.2 Å². The topological polar surface area (TPSA) is 86.8 Å². The molecule has 2 aromatic carbocycles. The summed E-state index contributed by atoms with van der Waals surface area (Å²) < 4.78 is 27.2. The van der Waals surface area contributed by atoms with Gasteiger partial charge in [0.1, 0.15) is 0 Å². The van der Waals surface area contributed by atoms with Crippen molar-refractivity contribution in [3.63, 3.8) is 0 Å². The van der Waals surface area contributed by atoms with Crippen LogP contribution >= 0.6 is 0 Å². The number of sulfonamides is 1. The average Bonchev–Trinajstić information content (AvgIpc) is 3.03. The summed E-state index contributed by atoms with van der Waals surface area (Å²) in [5.41, 5.74) is 3.40. The predicted octanol–water partition coefficient (Wildman–Crippen LogP) is 2.17. The largest absolute Gasteiger partial charge is 0.326 e. The summed E-state index contributed by atoms with van der Waals surface area (Å²) >= 11 is 0. The maximum absolute atomic E-state index is 13.0. The number of rotatable bonds is 4. The van der Waals surface area contributed by atoms with Crippen molar-refractivity contribution in [2.24, 2.45) is 0 Å². The van der Waals surface area contributed by atoms with Crippen molar-refractivity contribution in [2.45, 2.75) is 30.6 Å². The quantitative estimate of drug-likeness (QED) is 0.832. The molecule has 2 amide bonds. The molecular weight excluding hydrogens is 390 g/mol. The molecule has 0 unspecified atom stereocenters. The van der Waals surface area contributed by atoms with E-state index in [1.807, 2.05) is 24.3 Å². The lowest BCUT2D eigenvalue weighted by atomic mass is 10.1. The molecule has 0 aromatic heterocycles. The van der Waals surface area contributed by atoms with Gasteiger partial charge in [0.15, 0.2) is 0 Å². The highest BCUT2D eigenvalue weighted by Crippen LogP contribution is 2.29. The van der Waals surface area contributed by atoms with Crippen molar-refractivity contribution in [3.8, 4) is 0 Å². The molecular formula is C21H23N3O4S. The van der Waals surface area contributed by atoms with Crippen molar-refractivity contribution in [3.05, 3.63) is 53.6 Å². The van der Waals surface area contributed by atoms with E-state index in [1.54, 1.807) is 17.0 Å². The van der Waals surface area contributed by atoms with E-state index in [0.717, 1.165) is 27.5 Å². The third-order valence-corrected chi connectivity index (χ3v) is 7.25. The molecule has 0 aliphatic carbocycles. The molecule has 4 rings (SSSR count). The number of carbonyl (C=O) groups is 2. The summed E-state index contributed by atoms with van der Waals surface area (Å²) in [6.07, 6.45) is 2.49. The normalized spacial score (nSPS) is 16.2. The monoisotopic (exact) mass is 413 g/mol. The molecule has 0 fully saturated rings. The number of amides is 2. The molecule has 29 heavy (non-hydrogen) atoms. The fourth-order valence-corrected chi connectivity index (χ4v) is 5.02. The predicted molar refractivity (Wildman–Crippen MR) is 110 cm³/mol. The number of nitrogens with zero attached hydrogens (tertiary/aromatic N) is 2. The number of anilines is 2. The van der Waals surface area contributed by atoms with Crippen LogP contribution in [-0.2, 0) is 32.5 Å². The van der Waals surface area contributed by atoms with E-state index in [2.05, 4.69) is 5.32 Å². The smallest absolute Gasteiger partial charge is 0.243 e. The van der Waals surface area contributed by atoms with Crippen LogP contribution in [0.5, 0.6) is 0 Å². The Hall–Kier alpha value is -2.71. The third-order valence-electron chi connectivity index (χ3n) is 5.46. The van der Waals surface area contributed by atoms with Crippen LogP contribution < -0.4 is 10.2 Å². The Balaban J connectivity index is 1.53. The molecule has 2 aliphatic heterocycles. The highest BCUT2D eigenvalue weighted by atomic mass is 32.2. The van der Waals surface area contributed by atoms with E-state index in [4.69, 9.17) is 0 Å². The van der Waals surface area contributed by atoms with Gasteiger partial charge in [-0.15, -0.1) is 0 Å². The highest BCUT2D eigenvalue weighted by molar-refractivity contribution is 7.89. The van der Waals surface area contributed by atoms with Crippen molar-refractivity contribution < 1.29 is 18.0 Å². The summed E-state index contributed by atoms with van der Waals surface area (Å²) in [7, 11) is -2.41. The van der Waals surface area contributed by atoms with Crippen LogP contribution in [0, 0.1) is 0 Å². The lowest BCUT2D eigenvalue weighted by Gasteiger charge is -2.22. The number of fused-ring (bicyclic) bond motifs is 2. The van der Waals surface area contributed by atoms with Gasteiger partial charge in [0, 0.05) is 31.4 Å². The zero-order valence-corrected chi connectivity index (χ0v) is 17.0. The van der Waals surface area contributed by atoms with Crippen LogP contribution in [0.15, 0.2) is 47.4 Å². The zero-order valence-electron chi connectivity index (χ0n) is 16.2. The van der Waals surface area contributed by atoms with Crippen LogP contribution in [-0.4, -0.2) is 44.7 Å². The summed E-state index contributed by atoms with van der Waals surface area (Å²) in [6, 6.07) is 12.4. The van der Waals surface area contributed by atoms with E-state index in [0.29, 0.717) is 31.5 Å². The van der Waals surface area contributed by atoms with E-state index in [9.17, 15) is 18.0 Å². The Bertz CT molecular complexity index is 1080. The van der Waals surface area contributed by atoms with Gasteiger partial charge >= 0.3 is 0 Å². The van der Waals surface area contributed by atoms with Crippen molar-refractivity contribution >= 4 is 33.2 Å². The van der Waals surface area contributed by atoms with Crippen molar-refractivity contribution in [1.82, 2.24) is 4.31 Å². The minimum Gasteiger partial charge on any atom is -0.326 e. The Labute approximate surface area is 170 Å². The number of para-hydroxylation sites is 1. The number of aryl methyl sites for hydroxylation is 1. The van der Waals surface area contributed by atoms with E-state index >= 15 is 0 Å². The van der Waals surface area contributed by atoms with Crippen LogP contribution in [0.1, 0.15) is 24.0 Å². The fraction of sp³-hybridized carbons (Fsp3) is 0.333. The maximum atomic E-state index is 13.0. The van der Waals surface area contributed by atoms with Crippen LogP contribution in [0.25, 0.3) is 0 Å². The molecule has 7 nitrogen and oxygen atoms in total.